The molecule has 0 N–H and O–H groups in total. The summed E-state index contributed by atoms with van der Waals surface area (Å²) in [6.45, 7) is 2.62. The number of rotatable bonds is 4. The minimum absolute atomic E-state index is 0.0164. The van der Waals surface area contributed by atoms with E-state index < -0.39 is 0 Å². The SMILES string of the molecule is CCN(C(=O)c1cccc(-n2cccc2)c1)c1ccccc1. The summed E-state index contributed by atoms with van der Waals surface area (Å²) in [6, 6.07) is 21.4. The average molecular weight is 290 g/mol. The highest BCUT2D eigenvalue weighted by Gasteiger charge is 2.16. The van der Waals surface area contributed by atoms with Gasteiger partial charge in [-0.15, -0.1) is 0 Å². The zero-order valence-electron chi connectivity index (χ0n) is 12.5. The van der Waals surface area contributed by atoms with E-state index in [0.29, 0.717) is 12.1 Å². The molecule has 0 radical (unpaired) electrons. The first-order valence-corrected chi connectivity index (χ1v) is 7.40. The zero-order valence-corrected chi connectivity index (χ0v) is 12.5. The Labute approximate surface area is 130 Å². The Kier molecular flexibility index (Phi) is 4.05. The van der Waals surface area contributed by atoms with Crippen molar-refractivity contribution >= 4 is 11.6 Å². The largest absolute Gasteiger partial charge is 0.324 e. The second-order valence-corrected chi connectivity index (χ2v) is 5.03. The van der Waals surface area contributed by atoms with Gasteiger partial charge in [0, 0.05) is 35.9 Å². The molecule has 0 aliphatic rings. The van der Waals surface area contributed by atoms with Crippen molar-refractivity contribution in [1.29, 1.82) is 0 Å². The number of aromatic nitrogens is 1. The molecule has 0 spiro atoms. The molecule has 22 heavy (non-hydrogen) atoms. The highest BCUT2D eigenvalue weighted by molar-refractivity contribution is 6.06. The molecule has 0 atom stereocenters. The van der Waals surface area contributed by atoms with Crippen LogP contribution in [-0.2, 0) is 0 Å². The lowest BCUT2D eigenvalue weighted by Gasteiger charge is -2.21. The summed E-state index contributed by atoms with van der Waals surface area (Å²) in [7, 11) is 0. The molecular formula is C19H18N2O. The van der Waals surface area contributed by atoms with Crippen molar-refractivity contribution < 1.29 is 4.79 Å². The highest BCUT2D eigenvalue weighted by Crippen LogP contribution is 2.18. The van der Waals surface area contributed by atoms with E-state index in [-0.39, 0.29) is 5.91 Å². The van der Waals surface area contributed by atoms with Gasteiger partial charge in [0.15, 0.2) is 0 Å². The summed E-state index contributed by atoms with van der Waals surface area (Å²) >= 11 is 0. The van der Waals surface area contributed by atoms with Crippen molar-refractivity contribution in [3.05, 3.63) is 84.7 Å². The predicted octanol–water partition coefficient (Wildman–Crippen LogP) is 4.14. The van der Waals surface area contributed by atoms with Crippen LogP contribution in [0.25, 0.3) is 5.69 Å². The van der Waals surface area contributed by atoms with E-state index in [2.05, 4.69) is 0 Å². The Hall–Kier alpha value is -2.81. The molecule has 110 valence electrons. The molecule has 1 aromatic heterocycles. The fraction of sp³-hybridized carbons (Fsp3) is 0.105. The molecule has 3 rings (SSSR count). The molecule has 0 unspecified atom stereocenters. The van der Waals surface area contributed by atoms with Crippen LogP contribution in [0.3, 0.4) is 0 Å². The van der Waals surface area contributed by atoms with Gasteiger partial charge in [-0.25, -0.2) is 0 Å². The molecule has 1 amide bonds. The maximum atomic E-state index is 12.8. The van der Waals surface area contributed by atoms with Gasteiger partial charge in [0.05, 0.1) is 0 Å². The minimum Gasteiger partial charge on any atom is -0.324 e. The van der Waals surface area contributed by atoms with Gasteiger partial charge < -0.3 is 9.47 Å². The van der Waals surface area contributed by atoms with E-state index in [4.69, 9.17) is 0 Å². The molecule has 3 aromatic rings. The van der Waals surface area contributed by atoms with Crippen LogP contribution in [0.15, 0.2) is 79.1 Å². The van der Waals surface area contributed by atoms with Gasteiger partial charge >= 0.3 is 0 Å². The highest BCUT2D eigenvalue weighted by atomic mass is 16.2. The van der Waals surface area contributed by atoms with E-state index in [1.165, 1.54) is 0 Å². The number of amides is 1. The molecule has 0 bridgehead atoms. The van der Waals surface area contributed by atoms with Crippen molar-refractivity contribution in [3.63, 3.8) is 0 Å². The van der Waals surface area contributed by atoms with Crippen molar-refractivity contribution in [2.75, 3.05) is 11.4 Å². The summed E-state index contributed by atoms with van der Waals surface area (Å²) in [5, 5.41) is 0. The van der Waals surface area contributed by atoms with Gasteiger partial charge in [-0.05, 0) is 49.4 Å². The standard InChI is InChI=1S/C19H18N2O/c1-2-21(17-10-4-3-5-11-17)19(22)16-9-8-12-18(15-16)20-13-6-7-14-20/h3-15H,2H2,1H3. The number of para-hydroxylation sites is 1. The lowest BCUT2D eigenvalue weighted by molar-refractivity contribution is 0.0988. The lowest BCUT2D eigenvalue weighted by atomic mass is 10.1. The van der Waals surface area contributed by atoms with Crippen molar-refractivity contribution in [1.82, 2.24) is 4.57 Å². The number of hydrogen-bond donors (Lipinski definition) is 0. The van der Waals surface area contributed by atoms with E-state index in [1.807, 2.05) is 90.6 Å². The number of anilines is 1. The third-order valence-electron chi connectivity index (χ3n) is 3.62. The molecule has 3 heteroatoms. The van der Waals surface area contributed by atoms with Crippen LogP contribution in [-0.4, -0.2) is 17.0 Å². The topological polar surface area (TPSA) is 25.2 Å². The number of nitrogens with zero attached hydrogens (tertiary/aromatic N) is 2. The van der Waals surface area contributed by atoms with Gasteiger partial charge in [-0.2, -0.15) is 0 Å². The van der Waals surface area contributed by atoms with Gasteiger partial charge in [0.25, 0.3) is 5.91 Å². The van der Waals surface area contributed by atoms with E-state index in [0.717, 1.165) is 11.4 Å². The normalized spacial score (nSPS) is 10.4. The van der Waals surface area contributed by atoms with Crippen molar-refractivity contribution in [3.8, 4) is 5.69 Å². The predicted molar refractivity (Wildman–Crippen MR) is 89.6 cm³/mol. The first-order chi connectivity index (χ1) is 10.8. The molecular weight excluding hydrogens is 272 g/mol. The molecule has 0 fully saturated rings. The second-order valence-electron chi connectivity index (χ2n) is 5.03. The summed E-state index contributed by atoms with van der Waals surface area (Å²) in [5.41, 5.74) is 2.60. The Bertz CT molecular complexity index is 748. The summed E-state index contributed by atoms with van der Waals surface area (Å²) in [6.07, 6.45) is 3.94. The van der Waals surface area contributed by atoms with Gasteiger partial charge in [0.1, 0.15) is 0 Å². The van der Waals surface area contributed by atoms with E-state index in [1.54, 1.807) is 4.90 Å². The first-order valence-electron chi connectivity index (χ1n) is 7.40. The van der Waals surface area contributed by atoms with Crippen LogP contribution in [0, 0.1) is 0 Å². The minimum atomic E-state index is 0.0164. The summed E-state index contributed by atoms with van der Waals surface area (Å²) in [4.78, 5) is 14.6. The number of benzene rings is 2. The molecule has 0 saturated carbocycles. The van der Waals surface area contributed by atoms with Crippen LogP contribution < -0.4 is 4.90 Å². The summed E-state index contributed by atoms with van der Waals surface area (Å²) in [5.74, 6) is 0.0164. The lowest BCUT2D eigenvalue weighted by Crippen LogP contribution is -2.30. The van der Waals surface area contributed by atoms with E-state index >= 15 is 0 Å². The maximum Gasteiger partial charge on any atom is 0.258 e. The number of carbonyl (C=O) groups excluding carboxylic acids is 1. The van der Waals surface area contributed by atoms with Crippen LogP contribution >= 0.6 is 0 Å². The molecule has 1 heterocycles. The third-order valence-corrected chi connectivity index (χ3v) is 3.62. The Morgan fingerprint density at radius 2 is 1.68 bits per heavy atom. The summed E-state index contributed by atoms with van der Waals surface area (Å²) < 4.78 is 2.00. The van der Waals surface area contributed by atoms with Crippen LogP contribution in [0.4, 0.5) is 5.69 Å². The monoisotopic (exact) mass is 290 g/mol. The fourth-order valence-corrected chi connectivity index (χ4v) is 2.51. The van der Waals surface area contributed by atoms with Gasteiger partial charge in [-0.1, -0.05) is 24.3 Å². The Morgan fingerprint density at radius 1 is 0.955 bits per heavy atom. The van der Waals surface area contributed by atoms with Crippen LogP contribution in [0.1, 0.15) is 17.3 Å². The quantitative estimate of drug-likeness (QED) is 0.709. The van der Waals surface area contributed by atoms with Crippen molar-refractivity contribution in [2.45, 2.75) is 6.92 Å². The Morgan fingerprint density at radius 3 is 2.36 bits per heavy atom. The third kappa shape index (κ3) is 2.79. The van der Waals surface area contributed by atoms with Gasteiger partial charge in [0.2, 0.25) is 0 Å². The smallest absolute Gasteiger partial charge is 0.258 e. The molecule has 2 aromatic carbocycles. The second kappa shape index (κ2) is 6.31. The van der Waals surface area contributed by atoms with Gasteiger partial charge in [-0.3, -0.25) is 4.79 Å². The number of carbonyl (C=O) groups is 1. The maximum absolute atomic E-state index is 12.8. The Balaban J connectivity index is 1.93. The zero-order chi connectivity index (χ0) is 15.4. The molecule has 0 aliphatic carbocycles. The molecule has 0 saturated heterocycles. The van der Waals surface area contributed by atoms with Crippen LogP contribution in [0.2, 0.25) is 0 Å². The molecule has 0 aliphatic heterocycles. The average Bonchev–Trinajstić information content (AvgIpc) is 3.11. The van der Waals surface area contributed by atoms with Crippen molar-refractivity contribution in [2.24, 2.45) is 0 Å². The first kappa shape index (κ1) is 14.1. The fourth-order valence-electron chi connectivity index (χ4n) is 2.51. The molecule has 3 nitrogen and oxygen atoms in total. The van der Waals surface area contributed by atoms with Crippen LogP contribution in [0.5, 0.6) is 0 Å². The van der Waals surface area contributed by atoms with E-state index in [9.17, 15) is 4.79 Å². The number of hydrogen-bond acceptors (Lipinski definition) is 1.